The van der Waals surface area contributed by atoms with E-state index in [0.717, 1.165) is 18.5 Å². The molecule has 1 unspecified atom stereocenters. The van der Waals surface area contributed by atoms with Crippen molar-refractivity contribution in [2.75, 3.05) is 6.61 Å². The Balaban J connectivity index is 3.13. The average Bonchev–Trinajstić information content (AvgIpc) is 2.28. The molecule has 0 saturated heterocycles. The lowest BCUT2D eigenvalue weighted by Gasteiger charge is -2.26. The summed E-state index contributed by atoms with van der Waals surface area (Å²) in [5, 5.41) is 0.487. The molecule has 1 atom stereocenters. The monoisotopic (exact) mass is 242 g/mol. The fourth-order valence-electron chi connectivity index (χ4n) is 1.53. The van der Waals surface area contributed by atoms with Crippen molar-refractivity contribution in [3.8, 4) is 0 Å². The molecule has 90 valence electrons. The lowest BCUT2D eigenvalue weighted by molar-refractivity contribution is -0.0391. The van der Waals surface area contributed by atoms with Gasteiger partial charge in [-0.3, -0.25) is 0 Å². The molecule has 1 heterocycles. The maximum atomic E-state index is 5.99. The van der Waals surface area contributed by atoms with Gasteiger partial charge in [-0.05, 0) is 32.8 Å². The van der Waals surface area contributed by atoms with Gasteiger partial charge < -0.3 is 4.74 Å². The summed E-state index contributed by atoms with van der Waals surface area (Å²) in [5.74, 6) is 0.682. The molecular formula is C12H19ClN2O. The Morgan fingerprint density at radius 1 is 1.31 bits per heavy atom. The maximum absolute atomic E-state index is 5.99. The second-order valence-corrected chi connectivity index (χ2v) is 4.26. The second kappa shape index (κ2) is 5.60. The van der Waals surface area contributed by atoms with Crippen LogP contribution in [0.2, 0.25) is 5.15 Å². The van der Waals surface area contributed by atoms with Crippen molar-refractivity contribution in [3.05, 3.63) is 22.7 Å². The quantitative estimate of drug-likeness (QED) is 0.743. The number of rotatable bonds is 5. The molecular weight excluding hydrogens is 224 g/mol. The highest BCUT2D eigenvalue weighted by Gasteiger charge is 2.28. The zero-order chi connectivity index (χ0) is 12.2. The van der Waals surface area contributed by atoms with Crippen molar-refractivity contribution in [1.82, 2.24) is 9.97 Å². The summed E-state index contributed by atoms with van der Waals surface area (Å²) < 4.78 is 5.74. The third-order valence-corrected chi connectivity index (χ3v) is 2.91. The molecule has 1 rings (SSSR count). The minimum absolute atomic E-state index is 0.441. The normalized spacial score (nSPS) is 14.8. The Morgan fingerprint density at radius 3 is 2.50 bits per heavy atom. The van der Waals surface area contributed by atoms with Crippen LogP contribution < -0.4 is 0 Å². The van der Waals surface area contributed by atoms with Gasteiger partial charge in [0.1, 0.15) is 10.8 Å². The van der Waals surface area contributed by atoms with Gasteiger partial charge >= 0.3 is 0 Å². The Labute approximate surface area is 102 Å². The maximum Gasteiger partial charge on any atom is 0.161 e. The largest absolute Gasteiger partial charge is 0.368 e. The molecule has 0 amide bonds. The van der Waals surface area contributed by atoms with Gasteiger partial charge in [-0.15, -0.1) is 0 Å². The van der Waals surface area contributed by atoms with Crippen LogP contribution in [-0.4, -0.2) is 16.6 Å². The van der Waals surface area contributed by atoms with Crippen molar-refractivity contribution in [1.29, 1.82) is 0 Å². The molecule has 0 spiro atoms. The molecule has 16 heavy (non-hydrogen) atoms. The minimum atomic E-state index is -0.441. The molecule has 0 aliphatic heterocycles. The van der Waals surface area contributed by atoms with Gasteiger partial charge in [0, 0.05) is 12.3 Å². The van der Waals surface area contributed by atoms with Crippen LogP contribution in [-0.2, 0) is 16.8 Å². The predicted octanol–water partition coefficient (Wildman–Crippen LogP) is 3.35. The zero-order valence-electron chi connectivity index (χ0n) is 10.4. The van der Waals surface area contributed by atoms with Crippen LogP contribution in [0.5, 0.6) is 0 Å². The average molecular weight is 243 g/mol. The molecule has 4 heteroatoms. The fraction of sp³-hybridized carbons (Fsp3) is 0.667. The van der Waals surface area contributed by atoms with Crippen LogP contribution in [0.1, 0.15) is 45.6 Å². The van der Waals surface area contributed by atoms with Crippen LogP contribution >= 0.6 is 11.6 Å². The lowest BCUT2D eigenvalue weighted by Crippen LogP contribution is -2.28. The second-order valence-electron chi connectivity index (χ2n) is 3.88. The van der Waals surface area contributed by atoms with Gasteiger partial charge in [0.15, 0.2) is 5.82 Å². The number of nitrogens with zero attached hydrogens (tertiary/aromatic N) is 2. The summed E-state index contributed by atoms with van der Waals surface area (Å²) in [6.45, 7) is 8.72. The number of aryl methyl sites for hydroxylation is 1. The third kappa shape index (κ3) is 2.92. The highest BCUT2D eigenvalue weighted by Crippen LogP contribution is 2.27. The van der Waals surface area contributed by atoms with Gasteiger partial charge in [-0.25, -0.2) is 9.97 Å². The van der Waals surface area contributed by atoms with E-state index in [4.69, 9.17) is 16.3 Å². The van der Waals surface area contributed by atoms with E-state index >= 15 is 0 Å². The first kappa shape index (κ1) is 13.4. The Hall–Kier alpha value is -0.670. The Morgan fingerprint density at radius 2 is 2.00 bits per heavy atom. The highest BCUT2D eigenvalue weighted by atomic mass is 35.5. The molecule has 1 aromatic rings. The van der Waals surface area contributed by atoms with E-state index in [2.05, 4.69) is 16.9 Å². The van der Waals surface area contributed by atoms with E-state index < -0.39 is 5.60 Å². The fourth-order valence-corrected chi connectivity index (χ4v) is 1.73. The van der Waals surface area contributed by atoms with Crippen molar-refractivity contribution >= 4 is 11.6 Å². The van der Waals surface area contributed by atoms with E-state index in [0.29, 0.717) is 17.6 Å². The van der Waals surface area contributed by atoms with Crippen LogP contribution in [0.4, 0.5) is 0 Å². The summed E-state index contributed by atoms with van der Waals surface area (Å²) in [6.07, 6.45) is 1.67. The van der Waals surface area contributed by atoms with Gasteiger partial charge in [0.05, 0.1) is 0 Å². The van der Waals surface area contributed by atoms with E-state index in [-0.39, 0.29) is 0 Å². The number of hydrogen-bond donors (Lipinski definition) is 0. The van der Waals surface area contributed by atoms with Crippen molar-refractivity contribution in [3.63, 3.8) is 0 Å². The van der Waals surface area contributed by atoms with Crippen LogP contribution in [0, 0.1) is 0 Å². The molecule has 3 nitrogen and oxygen atoms in total. The number of aromatic nitrogens is 2. The number of ether oxygens (including phenoxy) is 1. The van der Waals surface area contributed by atoms with Gasteiger partial charge in [-0.2, -0.15) is 0 Å². The molecule has 0 fully saturated rings. The van der Waals surface area contributed by atoms with Crippen LogP contribution in [0.15, 0.2) is 6.07 Å². The smallest absolute Gasteiger partial charge is 0.161 e. The summed E-state index contributed by atoms with van der Waals surface area (Å²) in [6, 6.07) is 1.80. The molecule has 0 bridgehead atoms. The standard InChI is InChI=1S/C12H19ClN2O/c1-5-9-8-10(13)15-11(14-9)12(4,6-2)16-7-3/h8H,5-7H2,1-4H3. The lowest BCUT2D eigenvalue weighted by atomic mass is 10.0. The van der Waals surface area contributed by atoms with Crippen molar-refractivity contribution < 1.29 is 4.74 Å². The third-order valence-electron chi connectivity index (χ3n) is 2.72. The van der Waals surface area contributed by atoms with Gasteiger partial charge in [0.25, 0.3) is 0 Å². The molecule has 0 aliphatic carbocycles. The number of halogens is 1. The van der Waals surface area contributed by atoms with Crippen LogP contribution in [0.25, 0.3) is 0 Å². The summed E-state index contributed by atoms with van der Waals surface area (Å²) >= 11 is 5.99. The first-order chi connectivity index (χ1) is 7.55. The van der Waals surface area contributed by atoms with Crippen molar-refractivity contribution in [2.45, 2.75) is 46.1 Å². The highest BCUT2D eigenvalue weighted by molar-refractivity contribution is 6.29. The summed E-state index contributed by atoms with van der Waals surface area (Å²) in [5.41, 5.74) is 0.512. The van der Waals surface area contributed by atoms with E-state index in [1.807, 2.05) is 20.8 Å². The first-order valence-electron chi connectivity index (χ1n) is 5.73. The van der Waals surface area contributed by atoms with E-state index in [1.165, 1.54) is 0 Å². The SMILES string of the molecule is CCOC(C)(CC)c1nc(Cl)cc(CC)n1. The minimum Gasteiger partial charge on any atom is -0.368 e. The zero-order valence-corrected chi connectivity index (χ0v) is 11.1. The van der Waals surface area contributed by atoms with Gasteiger partial charge in [-0.1, -0.05) is 25.4 Å². The molecule has 0 aromatic carbocycles. The van der Waals surface area contributed by atoms with Gasteiger partial charge in [0.2, 0.25) is 0 Å². The molecule has 0 radical (unpaired) electrons. The molecule has 0 N–H and O–H groups in total. The molecule has 0 aliphatic rings. The van der Waals surface area contributed by atoms with E-state index in [1.54, 1.807) is 6.07 Å². The van der Waals surface area contributed by atoms with Crippen molar-refractivity contribution in [2.24, 2.45) is 0 Å². The topological polar surface area (TPSA) is 35.0 Å². The van der Waals surface area contributed by atoms with E-state index in [9.17, 15) is 0 Å². The predicted molar refractivity (Wildman–Crippen MR) is 65.7 cm³/mol. The molecule has 0 saturated carbocycles. The van der Waals surface area contributed by atoms with Crippen LogP contribution in [0.3, 0.4) is 0 Å². The number of hydrogen-bond acceptors (Lipinski definition) is 3. The molecule has 1 aromatic heterocycles. The Kier molecular flexibility index (Phi) is 4.69. The summed E-state index contributed by atoms with van der Waals surface area (Å²) in [7, 11) is 0. The summed E-state index contributed by atoms with van der Waals surface area (Å²) in [4.78, 5) is 8.77. The first-order valence-corrected chi connectivity index (χ1v) is 6.11. The Bertz CT molecular complexity index is 357.